The van der Waals surface area contributed by atoms with Gasteiger partial charge in [0.05, 0.1) is 0 Å². The number of hydrogen-bond acceptors (Lipinski definition) is 3. The zero-order valence-electron chi connectivity index (χ0n) is 9.65. The van der Waals surface area contributed by atoms with Crippen LogP contribution >= 0.6 is 12.4 Å². The van der Waals surface area contributed by atoms with Crippen LogP contribution in [-0.2, 0) is 0 Å². The first-order valence-electron chi connectivity index (χ1n) is 5.70. The molecule has 0 amide bonds. The van der Waals surface area contributed by atoms with E-state index in [1.165, 1.54) is 18.4 Å². The minimum atomic E-state index is 0. The van der Waals surface area contributed by atoms with Gasteiger partial charge in [-0.05, 0) is 31.4 Å². The molecule has 0 saturated heterocycles. The monoisotopic (exact) mass is 241 g/mol. The van der Waals surface area contributed by atoms with Crippen molar-refractivity contribution in [3.05, 3.63) is 23.9 Å². The molecule has 2 rings (SSSR count). The van der Waals surface area contributed by atoms with Crippen LogP contribution in [0.2, 0.25) is 0 Å². The summed E-state index contributed by atoms with van der Waals surface area (Å²) in [6, 6.07) is 4.77. The van der Waals surface area contributed by atoms with Crippen LogP contribution in [0.1, 0.15) is 31.2 Å². The van der Waals surface area contributed by atoms with Crippen molar-refractivity contribution < 1.29 is 0 Å². The van der Waals surface area contributed by atoms with E-state index in [1.807, 2.05) is 19.2 Å². The number of halogens is 1. The zero-order chi connectivity index (χ0) is 10.7. The molecule has 1 aromatic rings. The van der Waals surface area contributed by atoms with Crippen LogP contribution in [0.4, 0.5) is 5.82 Å². The Morgan fingerprint density at radius 3 is 2.69 bits per heavy atom. The SMILES string of the molecule is Cc1ccc(NC2CCCCC2N)nc1.Cl. The topological polar surface area (TPSA) is 50.9 Å². The average molecular weight is 242 g/mol. The standard InChI is InChI=1S/C12H19N3.ClH/c1-9-6-7-12(14-8-9)15-11-5-3-2-4-10(11)13;/h6-8,10-11H,2-5,13H2,1H3,(H,14,15);1H. The van der Waals surface area contributed by atoms with Crippen molar-refractivity contribution in [2.24, 2.45) is 5.73 Å². The van der Waals surface area contributed by atoms with Crippen LogP contribution in [0, 0.1) is 6.92 Å². The Labute approximate surface area is 103 Å². The van der Waals surface area contributed by atoms with E-state index in [0.29, 0.717) is 6.04 Å². The molecule has 1 aliphatic rings. The lowest BCUT2D eigenvalue weighted by molar-refractivity contribution is 0.403. The fourth-order valence-electron chi connectivity index (χ4n) is 2.08. The van der Waals surface area contributed by atoms with Crippen molar-refractivity contribution in [1.29, 1.82) is 0 Å². The fraction of sp³-hybridized carbons (Fsp3) is 0.583. The molecule has 2 unspecified atom stereocenters. The maximum atomic E-state index is 6.07. The lowest BCUT2D eigenvalue weighted by atomic mass is 9.91. The summed E-state index contributed by atoms with van der Waals surface area (Å²) in [6.07, 6.45) is 6.72. The smallest absolute Gasteiger partial charge is 0.126 e. The molecule has 1 heterocycles. The van der Waals surface area contributed by atoms with Crippen molar-refractivity contribution in [3.8, 4) is 0 Å². The number of aromatic nitrogens is 1. The normalized spacial score (nSPS) is 24.6. The predicted octanol–water partition coefficient (Wildman–Crippen LogP) is 2.49. The molecule has 1 fully saturated rings. The van der Waals surface area contributed by atoms with Gasteiger partial charge in [-0.1, -0.05) is 18.9 Å². The van der Waals surface area contributed by atoms with Gasteiger partial charge in [-0.3, -0.25) is 0 Å². The molecule has 1 saturated carbocycles. The van der Waals surface area contributed by atoms with Gasteiger partial charge in [0.15, 0.2) is 0 Å². The first-order chi connectivity index (χ1) is 7.25. The summed E-state index contributed by atoms with van der Waals surface area (Å²) in [6.45, 7) is 2.04. The van der Waals surface area contributed by atoms with Crippen molar-refractivity contribution in [1.82, 2.24) is 4.98 Å². The summed E-state index contributed by atoms with van der Waals surface area (Å²) < 4.78 is 0. The van der Waals surface area contributed by atoms with Crippen LogP contribution in [0.15, 0.2) is 18.3 Å². The quantitative estimate of drug-likeness (QED) is 0.837. The third kappa shape index (κ3) is 3.35. The first kappa shape index (κ1) is 13.3. The molecule has 4 heteroatoms. The van der Waals surface area contributed by atoms with Crippen LogP contribution in [0.5, 0.6) is 0 Å². The average Bonchev–Trinajstić information content (AvgIpc) is 2.25. The van der Waals surface area contributed by atoms with Gasteiger partial charge >= 0.3 is 0 Å². The predicted molar refractivity (Wildman–Crippen MR) is 70.1 cm³/mol. The molecule has 0 aliphatic heterocycles. The van der Waals surface area contributed by atoms with E-state index in [2.05, 4.69) is 16.4 Å². The van der Waals surface area contributed by atoms with Gasteiger partial charge in [-0.2, -0.15) is 0 Å². The van der Waals surface area contributed by atoms with E-state index < -0.39 is 0 Å². The molecule has 2 atom stereocenters. The van der Waals surface area contributed by atoms with Gasteiger partial charge in [-0.15, -0.1) is 12.4 Å². The highest BCUT2D eigenvalue weighted by atomic mass is 35.5. The van der Waals surface area contributed by atoms with Crippen LogP contribution in [0.3, 0.4) is 0 Å². The molecule has 1 aliphatic carbocycles. The van der Waals surface area contributed by atoms with E-state index in [9.17, 15) is 0 Å². The largest absolute Gasteiger partial charge is 0.366 e. The Morgan fingerprint density at radius 1 is 1.31 bits per heavy atom. The number of nitrogens with one attached hydrogen (secondary N) is 1. The van der Waals surface area contributed by atoms with Gasteiger partial charge in [0, 0.05) is 18.3 Å². The van der Waals surface area contributed by atoms with E-state index >= 15 is 0 Å². The fourth-order valence-corrected chi connectivity index (χ4v) is 2.08. The van der Waals surface area contributed by atoms with E-state index in [-0.39, 0.29) is 18.4 Å². The lowest BCUT2D eigenvalue weighted by Crippen LogP contribution is -2.42. The molecule has 0 radical (unpaired) electrons. The van der Waals surface area contributed by atoms with Crippen LogP contribution in [0.25, 0.3) is 0 Å². The maximum absolute atomic E-state index is 6.07. The van der Waals surface area contributed by atoms with Gasteiger partial charge in [0.2, 0.25) is 0 Å². The highest BCUT2D eigenvalue weighted by molar-refractivity contribution is 5.85. The lowest BCUT2D eigenvalue weighted by Gasteiger charge is -2.29. The number of aryl methyl sites for hydroxylation is 1. The number of nitrogens with two attached hydrogens (primary N) is 1. The van der Waals surface area contributed by atoms with Crippen molar-refractivity contribution in [2.75, 3.05) is 5.32 Å². The molecule has 0 aromatic carbocycles. The molecular weight excluding hydrogens is 222 g/mol. The summed E-state index contributed by atoms with van der Waals surface area (Å²) in [5, 5.41) is 3.42. The summed E-state index contributed by atoms with van der Waals surface area (Å²) in [5.41, 5.74) is 7.25. The third-order valence-corrected chi connectivity index (χ3v) is 3.06. The summed E-state index contributed by atoms with van der Waals surface area (Å²) >= 11 is 0. The minimum Gasteiger partial charge on any atom is -0.366 e. The zero-order valence-corrected chi connectivity index (χ0v) is 10.5. The third-order valence-electron chi connectivity index (χ3n) is 3.06. The van der Waals surface area contributed by atoms with Gasteiger partial charge in [0.25, 0.3) is 0 Å². The molecule has 3 N–H and O–H groups in total. The number of pyridine rings is 1. The highest BCUT2D eigenvalue weighted by Crippen LogP contribution is 2.20. The number of rotatable bonds is 2. The second-order valence-corrected chi connectivity index (χ2v) is 4.42. The minimum absolute atomic E-state index is 0. The van der Waals surface area contributed by atoms with E-state index in [0.717, 1.165) is 18.7 Å². The summed E-state index contributed by atoms with van der Waals surface area (Å²) in [4.78, 5) is 4.34. The Morgan fingerprint density at radius 2 is 2.06 bits per heavy atom. The summed E-state index contributed by atoms with van der Waals surface area (Å²) in [5.74, 6) is 0.947. The van der Waals surface area contributed by atoms with Crippen molar-refractivity contribution in [2.45, 2.75) is 44.7 Å². The Bertz CT molecular complexity index is 313. The van der Waals surface area contributed by atoms with Gasteiger partial charge < -0.3 is 11.1 Å². The molecule has 16 heavy (non-hydrogen) atoms. The van der Waals surface area contributed by atoms with Gasteiger partial charge in [0.1, 0.15) is 5.82 Å². The Kier molecular flexibility index (Phi) is 5.03. The van der Waals surface area contributed by atoms with Gasteiger partial charge in [-0.25, -0.2) is 4.98 Å². The Balaban J connectivity index is 0.00000128. The molecule has 90 valence electrons. The molecular formula is C12H20ClN3. The molecule has 0 spiro atoms. The molecule has 0 bridgehead atoms. The van der Waals surface area contributed by atoms with Crippen molar-refractivity contribution in [3.63, 3.8) is 0 Å². The maximum Gasteiger partial charge on any atom is 0.126 e. The molecule has 1 aromatic heterocycles. The number of hydrogen-bond donors (Lipinski definition) is 2. The van der Waals surface area contributed by atoms with Crippen LogP contribution < -0.4 is 11.1 Å². The molecule has 3 nitrogen and oxygen atoms in total. The number of anilines is 1. The Hall–Kier alpha value is -0.800. The second-order valence-electron chi connectivity index (χ2n) is 4.42. The van der Waals surface area contributed by atoms with Crippen LogP contribution in [-0.4, -0.2) is 17.1 Å². The number of nitrogens with zero attached hydrogens (tertiary/aromatic N) is 1. The second kappa shape index (κ2) is 6.06. The first-order valence-corrected chi connectivity index (χ1v) is 5.70. The summed E-state index contributed by atoms with van der Waals surface area (Å²) in [7, 11) is 0. The van der Waals surface area contributed by atoms with E-state index in [1.54, 1.807) is 0 Å². The van der Waals surface area contributed by atoms with Crippen molar-refractivity contribution >= 4 is 18.2 Å². The van der Waals surface area contributed by atoms with E-state index in [4.69, 9.17) is 5.73 Å². The highest BCUT2D eigenvalue weighted by Gasteiger charge is 2.21.